The predicted molar refractivity (Wildman–Crippen MR) is 109 cm³/mol. The molecule has 29 heavy (non-hydrogen) atoms. The van der Waals surface area contributed by atoms with Crippen LogP contribution in [0, 0.1) is 19.7 Å². The standard InChI is InChI=1S/C20H22FN5O2S/c1-13-3-8-17(14(2)9-13)28-11-18-24-25-20(26(18)22)29-12-19(27)23-10-15-4-6-16(21)7-5-15/h3-9H,10-12,22H2,1-2H3,(H,23,27). The number of halogens is 1. The van der Waals surface area contributed by atoms with Crippen LogP contribution in [0.2, 0.25) is 0 Å². The maximum Gasteiger partial charge on any atom is 0.230 e. The van der Waals surface area contributed by atoms with Gasteiger partial charge in [-0.3, -0.25) is 4.79 Å². The molecule has 3 rings (SSSR count). The number of benzene rings is 2. The number of aromatic nitrogens is 3. The van der Waals surface area contributed by atoms with E-state index in [2.05, 4.69) is 15.5 Å². The lowest BCUT2D eigenvalue weighted by atomic mass is 10.1. The smallest absolute Gasteiger partial charge is 0.230 e. The van der Waals surface area contributed by atoms with Gasteiger partial charge in [-0.1, -0.05) is 41.6 Å². The second-order valence-corrected chi connectivity index (χ2v) is 7.46. The van der Waals surface area contributed by atoms with Crippen LogP contribution in [0.1, 0.15) is 22.5 Å². The first-order chi connectivity index (χ1) is 13.9. The number of carbonyl (C=O) groups is 1. The van der Waals surface area contributed by atoms with Crippen molar-refractivity contribution < 1.29 is 13.9 Å². The largest absolute Gasteiger partial charge is 0.485 e. The molecule has 0 bridgehead atoms. The molecule has 3 aromatic rings. The van der Waals surface area contributed by atoms with Gasteiger partial charge in [0.05, 0.1) is 5.75 Å². The SMILES string of the molecule is Cc1ccc(OCc2nnc(SCC(=O)NCc3ccc(F)cc3)n2N)c(C)c1. The fourth-order valence-electron chi connectivity index (χ4n) is 2.59. The van der Waals surface area contributed by atoms with Crippen molar-refractivity contribution in [2.75, 3.05) is 11.6 Å². The molecular weight excluding hydrogens is 393 g/mol. The third-order valence-electron chi connectivity index (χ3n) is 4.16. The van der Waals surface area contributed by atoms with E-state index in [4.69, 9.17) is 10.6 Å². The van der Waals surface area contributed by atoms with Gasteiger partial charge in [0, 0.05) is 6.54 Å². The predicted octanol–water partition coefficient (Wildman–Crippen LogP) is 2.74. The number of rotatable bonds is 8. The van der Waals surface area contributed by atoms with E-state index < -0.39 is 0 Å². The van der Waals surface area contributed by atoms with Crippen molar-refractivity contribution in [1.29, 1.82) is 0 Å². The van der Waals surface area contributed by atoms with Gasteiger partial charge in [0.15, 0.2) is 5.82 Å². The van der Waals surface area contributed by atoms with Crippen LogP contribution in [0.4, 0.5) is 4.39 Å². The number of nitrogens with zero attached hydrogens (tertiary/aromatic N) is 3. The fourth-order valence-corrected chi connectivity index (χ4v) is 3.30. The van der Waals surface area contributed by atoms with Gasteiger partial charge in [0.1, 0.15) is 18.2 Å². The lowest BCUT2D eigenvalue weighted by Crippen LogP contribution is -2.25. The molecule has 3 N–H and O–H groups in total. The van der Waals surface area contributed by atoms with Crippen LogP contribution in [0.15, 0.2) is 47.6 Å². The number of nitrogen functional groups attached to an aromatic ring is 1. The molecule has 9 heteroatoms. The maximum absolute atomic E-state index is 12.9. The number of carbonyl (C=O) groups excluding carboxylic acids is 1. The molecule has 0 saturated carbocycles. The van der Waals surface area contributed by atoms with Gasteiger partial charge in [0.25, 0.3) is 0 Å². The minimum atomic E-state index is -0.310. The third kappa shape index (κ3) is 5.71. The minimum absolute atomic E-state index is 0.133. The molecule has 2 aromatic carbocycles. The first-order valence-corrected chi connectivity index (χ1v) is 9.94. The Morgan fingerprint density at radius 1 is 1.21 bits per heavy atom. The topological polar surface area (TPSA) is 95.1 Å². The van der Waals surface area contributed by atoms with Crippen LogP contribution in [-0.2, 0) is 17.9 Å². The summed E-state index contributed by atoms with van der Waals surface area (Å²) in [5.41, 5.74) is 3.01. The highest BCUT2D eigenvalue weighted by Crippen LogP contribution is 2.20. The van der Waals surface area contributed by atoms with Gasteiger partial charge in [-0.15, -0.1) is 10.2 Å². The van der Waals surface area contributed by atoms with Gasteiger partial charge < -0.3 is 15.9 Å². The molecule has 0 aliphatic rings. The van der Waals surface area contributed by atoms with Crippen molar-refractivity contribution >= 4 is 17.7 Å². The first-order valence-electron chi connectivity index (χ1n) is 8.95. The summed E-state index contributed by atoms with van der Waals surface area (Å²) in [6.45, 7) is 4.49. The Hall–Kier alpha value is -3.07. The molecule has 7 nitrogen and oxygen atoms in total. The Balaban J connectivity index is 1.48. The molecule has 1 amide bonds. The number of ether oxygens (including phenoxy) is 1. The van der Waals surface area contributed by atoms with Crippen molar-refractivity contribution in [2.24, 2.45) is 0 Å². The molecule has 0 atom stereocenters. The lowest BCUT2D eigenvalue weighted by Gasteiger charge is -2.09. The van der Waals surface area contributed by atoms with Crippen LogP contribution < -0.4 is 15.9 Å². The van der Waals surface area contributed by atoms with E-state index in [0.29, 0.717) is 17.5 Å². The summed E-state index contributed by atoms with van der Waals surface area (Å²) in [5.74, 6) is 6.87. The second-order valence-electron chi connectivity index (χ2n) is 6.52. The van der Waals surface area contributed by atoms with Crippen molar-refractivity contribution in [1.82, 2.24) is 20.2 Å². The Morgan fingerprint density at radius 2 is 1.97 bits per heavy atom. The number of aryl methyl sites for hydroxylation is 2. The quantitative estimate of drug-likeness (QED) is 0.434. The Labute approximate surface area is 172 Å². The van der Waals surface area contributed by atoms with Crippen LogP contribution >= 0.6 is 11.8 Å². The zero-order valence-corrected chi connectivity index (χ0v) is 17.0. The summed E-state index contributed by atoms with van der Waals surface area (Å²) in [5, 5.41) is 11.2. The monoisotopic (exact) mass is 415 g/mol. The van der Waals surface area contributed by atoms with Gasteiger partial charge >= 0.3 is 0 Å². The number of hydrogen-bond acceptors (Lipinski definition) is 6. The Morgan fingerprint density at radius 3 is 2.69 bits per heavy atom. The minimum Gasteiger partial charge on any atom is -0.485 e. The normalized spacial score (nSPS) is 10.7. The van der Waals surface area contributed by atoms with E-state index in [1.165, 1.54) is 28.6 Å². The maximum atomic E-state index is 12.9. The summed E-state index contributed by atoms with van der Waals surface area (Å²) in [6, 6.07) is 11.9. The van der Waals surface area contributed by atoms with E-state index in [9.17, 15) is 9.18 Å². The molecule has 0 radical (unpaired) electrons. The van der Waals surface area contributed by atoms with Crippen molar-refractivity contribution in [3.63, 3.8) is 0 Å². The molecule has 0 unspecified atom stereocenters. The fraction of sp³-hybridized carbons (Fsp3) is 0.250. The van der Waals surface area contributed by atoms with Crippen LogP contribution in [0.25, 0.3) is 0 Å². The summed E-state index contributed by atoms with van der Waals surface area (Å²) < 4.78 is 20.0. The zero-order valence-electron chi connectivity index (χ0n) is 16.2. The molecule has 0 saturated heterocycles. The molecule has 1 aromatic heterocycles. The summed E-state index contributed by atoms with van der Waals surface area (Å²) >= 11 is 1.18. The number of hydrogen-bond donors (Lipinski definition) is 2. The summed E-state index contributed by atoms with van der Waals surface area (Å²) in [7, 11) is 0. The van der Waals surface area contributed by atoms with Crippen molar-refractivity contribution in [3.05, 3.63) is 70.8 Å². The van der Waals surface area contributed by atoms with Gasteiger partial charge in [-0.05, 0) is 43.2 Å². The Kier molecular flexibility index (Phi) is 6.71. The summed E-state index contributed by atoms with van der Waals surface area (Å²) in [4.78, 5) is 12.0. The number of nitrogens with one attached hydrogen (secondary N) is 1. The zero-order chi connectivity index (χ0) is 20.8. The highest BCUT2D eigenvalue weighted by Gasteiger charge is 2.13. The second kappa shape index (κ2) is 9.42. The molecule has 0 spiro atoms. The molecule has 152 valence electrons. The van der Waals surface area contributed by atoms with Crippen LogP contribution in [0.5, 0.6) is 5.75 Å². The van der Waals surface area contributed by atoms with Crippen LogP contribution in [0.3, 0.4) is 0 Å². The number of nitrogens with two attached hydrogens (primary N) is 1. The lowest BCUT2D eigenvalue weighted by molar-refractivity contribution is -0.118. The van der Waals surface area contributed by atoms with Gasteiger partial charge in [-0.25, -0.2) is 9.07 Å². The highest BCUT2D eigenvalue weighted by molar-refractivity contribution is 7.99. The molecule has 1 heterocycles. The van der Waals surface area contributed by atoms with Gasteiger partial charge in [-0.2, -0.15) is 0 Å². The Bertz CT molecular complexity index is 991. The van der Waals surface area contributed by atoms with E-state index in [1.807, 2.05) is 32.0 Å². The molecule has 0 aliphatic heterocycles. The van der Waals surface area contributed by atoms with E-state index >= 15 is 0 Å². The number of amides is 1. The van der Waals surface area contributed by atoms with Crippen molar-refractivity contribution in [2.45, 2.75) is 32.2 Å². The highest BCUT2D eigenvalue weighted by atomic mass is 32.2. The first kappa shape index (κ1) is 20.7. The van der Waals surface area contributed by atoms with E-state index in [1.54, 1.807) is 12.1 Å². The average molecular weight is 415 g/mol. The van der Waals surface area contributed by atoms with E-state index in [0.717, 1.165) is 22.4 Å². The number of thioether (sulfide) groups is 1. The summed E-state index contributed by atoms with van der Waals surface area (Å²) in [6.07, 6.45) is 0. The molecule has 0 aliphatic carbocycles. The van der Waals surface area contributed by atoms with Gasteiger partial charge in [0.2, 0.25) is 11.1 Å². The average Bonchev–Trinajstić information content (AvgIpc) is 3.05. The van der Waals surface area contributed by atoms with Crippen LogP contribution in [-0.4, -0.2) is 26.5 Å². The van der Waals surface area contributed by atoms with Crippen molar-refractivity contribution in [3.8, 4) is 5.75 Å². The molecule has 0 fully saturated rings. The molecular formula is C20H22FN5O2S. The third-order valence-corrected chi connectivity index (χ3v) is 5.10. The van der Waals surface area contributed by atoms with E-state index in [-0.39, 0.29) is 24.1 Å².